The van der Waals surface area contributed by atoms with Crippen molar-refractivity contribution >= 4 is 0 Å². The van der Waals surface area contributed by atoms with E-state index in [2.05, 4.69) is 0 Å². The third kappa shape index (κ3) is 4.66. The number of hydrogen-bond acceptors (Lipinski definition) is 3. The van der Waals surface area contributed by atoms with Gasteiger partial charge >= 0.3 is 0 Å². The highest BCUT2D eigenvalue weighted by atomic mass is 16.5. The maximum Gasteiger partial charge on any atom is 0.130 e. The van der Waals surface area contributed by atoms with Crippen LogP contribution in [0, 0.1) is 22.7 Å². The molecule has 68 valence electrons. The number of nitrogens with zero attached hydrogens (tertiary/aromatic N) is 2. The average molecular weight is 176 g/mol. The summed E-state index contributed by atoms with van der Waals surface area (Å²) in [5, 5.41) is 17.0. The highest BCUT2D eigenvalue weighted by molar-refractivity contribution is 5.40. The Hall–Kier alpha value is -1.74. The van der Waals surface area contributed by atoms with Gasteiger partial charge in [-0.1, -0.05) is 6.92 Å². The van der Waals surface area contributed by atoms with E-state index in [9.17, 15) is 0 Å². The zero-order chi connectivity index (χ0) is 10.1. The van der Waals surface area contributed by atoms with Crippen molar-refractivity contribution in [2.75, 3.05) is 6.61 Å². The molecule has 3 nitrogen and oxygen atoms in total. The fourth-order valence-corrected chi connectivity index (χ4v) is 0.685. The van der Waals surface area contributed by atoms with Crippen molar-refractivity contribution in [3.8, 4) is 12.1 Å². The van der Waals surface area contributed by atoms with Crippen LogP contribution in [-0.4, -0.2) is 6.61 Å². The largest absolute Gasteiger partial charge is 0.501 e. The molecule has 0 aromatic rings. The molecule has 0 aromatic carbocycles. The summed E-state index contributed by atoms with van der Waals surface area (Å²) in [5.41, 5.74) is 0.952. The first kappa shape index (κ1) is 11.3. The molecule has 0 aliphatic carbocycles. The second kappa shape index (κ2) is 6.94. The first-order valence-corrected chi connectivity index (χ1v) is 4.11. The molecular formula is C10H12N2O. The summed E-state index contributed by atoms with van der Waals surface area (Å²) in [4.78, 5) is 0. The second-order valence-corrected chi connectivity index (χ2v) is 2.28. The first-order valence-electron chi connectivity index (χ1n) is 4.11. The van der Waals surface area contributed by atoms with Gasteiger partial charge in [-0.3, -0.25) is 0 Å². The van der Waals surface area contributed by atoms with E-state index in [1.807, 2.05) is 13.8 Å². The lowest BCUT2D eigenvalue weighted by Crippen LogP contribution is -1.84. The Morgan fingerprint density at radius 2 is 1.92 bits per heavy atom. The Morgan fingerprint density at radius 1 is 1.31 bits per heavy atom. The van der Waals surface area contributed by atoms with Crippen LogP contribution in [0.15, 0.2) is 23.5 Å². The summed E-state index contributed by atoms with van der Waals surface area (Å²) in [6, 6.07) is 3.59. The van der Waals surface area contributed by atoms with E-state index in [-0.39, 0.29) is 5.57 Å². The molecule has 0 amide bonds. The molecule has 0 saturated heterocycles. The van der Waals surface area contributed by atoms with Gasteiger partial charge in [0.05, 0.1) is 12.9 Å². The van der Waals surface area contributed by atoms with E-state index >= 15 is 0 Å². The van der Waals surface area contributed by atoms with Gasteiger partial charge in [-0.15, -0.1) is 0 Å². The van der Waals surface area contributed by atoms with Gasteiger partial charge in [-0.25, -0.2) is 0 Å². The summed E-state index contributed by atoms with van der Waals surface area (Å²) >= 11 is 0. The van der Waals surface area contributed by atoms with Gasteiger partial charge in [-0.05, 0) is 25.0 Å². The van der Waals surface area contributed by atoms with Crippen LogP contribution < -0.4 is 0 Å². The first-order chi connectivity index (χ1) is 6.28. The summed E-state index contributed by atoms with van der Waals surface area (Å²) < 4.78 is 5.05. The Bertz CT molecular complexity index is 273. The van der Waals surface area contributed by atoms with Crippen molar-refractivity contribution in [2.45, 2.75) is 20.3 Å². The van der Waals surface area contributed by atoms with Crippen LogP contribution in [0.2, 0.25) is 0 Å². The predicted octanol–water partition coefficient (Wildman–Crippen LogP) is 2.29. The van der Waals surface area contributed by atoms with Gasteiger partial charge in [0, 0.05) is 0 Å². The van der Waals surface area contributed by atoms with Gasteiger partial charge in [0.2, 0.25) is 0 Å². The van der Waals surface area contributed by atoms with Crippen molar-refractivity contribution in [3.63, 3.8) is 0 Å². The van der Waals surface area contributed by atoms with E-state index in [4.69, 9.17) is 15.3 Å². The highest BCUT2D eigenvalue weighted by Gasteiger charge is 1.94. The van der Waals surface area contributed by atoms with Crippen LogP contribution in [0.5, 0.6) is 0 Å². The van der Waals surface area contributed by atoms with E-state index in [0.29, 0.717) is 6.61 Å². The SMILES string of the molecule is CCO/C=C(\C=C(C#N)C#N)CC. The van der Waals surface area contributed by atoms with Crippen molar-refractivity contribution in [3.05, 3.63) is 23.5 Å². The third-order valence-corrected chi connectivity index (χ3v) is 1.38. The fraction of sp³-hybridized carbons (Fsp3) is 0.400. The minimum absolute atomic E-state index is 0.104. The number of nitriles is 2. The van der Waals surface area contributed by atoms with E-state index in [1.54, 1.807) is 18.4 Å². The second-order valence-electron chi connectivity index (χ2n) is 2.28. The third-order valence-electron chi connectivity index (χ3n) is 1.38. The van der Waals surface area contributed by atoms with Crippen LogP contribution >= 0.6 is 0 Å². The lowest BCUT2D eigenvalue weighted by Gasteiger charge is -1.98. The van der Waals surface area contributed by atoms with Crippen molar-refractivity contribution in [1.82, 2.24) is 0 Å². The minimum atomic E-state index is 0.104. The smallest absolute Gasteiger partial charge is 0.130 e. The molecule has 0 spiro atoms. The summed E-state index contributed by atoms with van der Waals surface area (Å²) in [5.74, 6) is 0. The van der Waals surface area contributed by atoms with Gasteiger partial charge in [0.25, 0.3) is 0 Å². The highest BCUT2D eigenvalue weighted by Crippen LogP contribution is 2.06. The molecule has 0 saturated carbocycles. The van der Waals surface area contributed by atoms with Crippen LogP contribution in [0.25, 0.3) is 0 Å². The number of rotatable bonds is 4. The molecule has 0 unspecified atom stereocenters. The molecule has 13 heavy (non-hydrogen) atoms. The zero-order valence-corrected chi connectivity index (χ0v) is 7.87. The molecule has 0 atom stereocenters. The van der Waals surface area contributed by atoms with Crippen LogP contribution in [-0.2, 0) is 4.74 Å². The molecule has 0 aliphatic rings. The molecule has 0 fully saturated rings. The molecular weight excluding hydrogens is 164 g/mol. The van der Waals surface area contributed by atoms with Gasteiger partial charge in [-0.2, -0.15) is 10.5 Å². The zero-order valence-electron chi connectivity index (χ0n) is 7.87. The summed E-state index contributed by atoms with van der Waals surface area (Å²) in [6.07, 6.45) is 3.86. The average Bonchev–Trinajstić information content (AvgIpc) is 2.19. The van der Waals surface area contributed by atoms with Gasteiger partial charge < -0.3 is 4.74 Å². The Morgan fingerprint density at radius 3 is 2.31 bits per heavy atom. The van der Waals surface area contributed by atoms with E-state index in [0.717, 1.165) is 12.0 Å². The molecule has 0 rings (SSSR count). The maximum absolute atomic E-state index is 8.49. The standard InChI is InChI=1S/C10H12N2O/c1-3-9(8-13-4-2)5-10(6-11)7-12/h5,8H,3-4H2,1-2H3/b9-8-. The van der Waals surface area contributed by atoms with Crippen molar-refractivity contribution in [2.24, 2.45) is 0 Å². The lowest BCUT2D eigenvalue weighted by atomic mass is 10.1. The quantitative estimate of drug-likeness (QED) is 0.375. The Labute approximate surface area is 78.5 Å². The Balaban J connectivity index is 4.55. The molecule has 0 heterocycles. The summed E-state index contributed by atoms with van der Waals surface area (Å²) in [7, 11) is 0. The lowest BCUT2D eigenvalue weighted by molar-refractivity contribution is 0.266. The topological polar surface area (TPSA) is 56.8 Å². The number of ether oxygens (including phenoxy) is 1. The molecule has 3 heteroatoms. The molecule has 0 radical (unpaired) electrons. The normalized spacial score (nSPS) is 9.69. The van der Waals surface area contributed by atoms with Crippen molar-refractivity contribution < 1.29 is 4.74 Å². The fourth-order valence-electron chi connectivity index (χ4n) is 0.685. The number of allylic oxidation sites excluding steroid dienone is 3. The monoisotopic (exact) mass is 176 g/mol. The van der Waals surface area contributed by atoms with Crippen LogP contribution in [0.1, 0.15) is 20.3 Å². The Kier molecular flexibility index (Phi) is 6.01. The van der Waals surface area contributed by atoms with E-state index in [1.165, 1.54) is 6.08 Å². The molecule has 0 bridgehead atoms. The van der Waals surface area contributed by atoms with Gasteiger partial charge in [0.1, 0.15) is 17.7 Å². The van der Waals surface area contributed by atoms with E-state index < -0.39 is 0 Å². The molecule has 0 aliphatic heterocycles. The predicted molar refractivity (Wildman–Crippen MR) is 49.3 cm³/mol. The van der Waals surface area contributed by atoms with Crippen LogP contribution in [0.4, 0.5) is 0 Å². The van der Waals surface area contributed by atoms with Crippen molar-refractivity contribution in [1.29, 1.82) is 10.5 Å². The maximum atomic E-state index is 8.49. The molecule has 0 aromatic heterocycles. The minimum Gasteiger partial charge on any atom is -0.501 e. The van der Waals surface area contributed by atoms with Crippen LogP contribution in [0.3, 0.4) is 0 Å². The number of hydrogen-bond donors (Lipinski definition) is 0. The van der Waals surface area contributed by atoms with Gasteiger partial charge in [0.15, 0.2) is 0 Å². The molecule has 0 N–H and O–H groups in total. The summed E-state index contributed by atoms with van der Waals surface area (Å²) in [6.45, 7) is 4.41.